The normalized spacial score (nSPS) is 22.3. The molecule has 0 spiro atoms. The van der Waals surface area contributed by atoms with E-state index in [0.717, 1.165) is 43.3 Å². The molecule has 2 aliphatic rings. The van der Waals surface area contributed by atoms with Crippen LogP contribution in [0.2, 0.25) is 0 Å². The van der Waals surface area contributed by atoms with Gasteiger partial charge in [0.25, 0.3) is 0 Å². The molecule has 1 aliphatic carbocycles. The van der Waals surface area contributed by atoms with E-state index in [9.17, 15) is 4.79 Å². The minimum Gasteiger partial charge on any atom is -0.496 e. The molecule has 25 heavy (non-hydrogen) atoms. The molecular weight excluding hydrogens is 336 g/mol. The number of carbonyl (C=O) groups is 1. The molecule has 0 aromatic heterocycles. The Morgan fingerprint density at radius 1 is 1.32 bits per heavy atom. The fraction of sp³-hybridized carbons (Fsp3) is 0.650. The summed E-state index contributed by atoms with van der Waals surface area (Å²) in [6.45, 7) is 4.55. The highest BCUT2D eigenvalue weighted by molar-refractivity contribution is 5.85. The molecule has 1 aliphatic heterocycles. The van der Waals surface area contributed by atoms with Crippen molar-refractivity contribution in [1.82, 2.24) is 10.2 Å². The van der Waals surface area contributed by atoms with E-state index >= 15 is 0 Å². The maximum atomic E-state index is 13.1. The van der Waals surface area contributed by atoms with Crippen molar-refractivity contribution < 1.29 is 9.53 Å². The van der Waals surface area contributed by atoms with Gasteiger partial charge in [0.1, 0.15) is 5.75 Å². The first kappa shape index (κ1) is 20.1. The van der Waals surface area contributed by atoms with Crippen molar-refractivity contribution >= 4 is 18.3 Å². The Balaban J connectivity index is 0.00000225. The Kier molecular flexibility index (Phi) is 7.57. The van der Waals surface area contributed by atoms with Crippen molar-refractivity contribution in [2.24, 2.45) is 11.8 Å². The summed E-state index contributed by atoms with van der Waals surface area (Å²) in [6.07, 6.45) is 6.32. The van der Waals surface area contributed by atoms with Gasteiger partial charge in [-0.15, -0.1) is 12.4 Å². The van der Waals surface area contributed by atoms with Crippen molar-refractivity contribution in [3.05, 3.63) is 29.8 Å². The molecular formula is C20H31ClN2O2. The number of piperazine rings is 1. The minimum atomic E-state index is 0. The molecule has 0 radical (unpaired) electrons. The summed E-state index contributed by atoms with van der Waals surface area (Å²) in [5.74, 6) is 2.03. The number of methoxy groups -OCH3 is 1. The lowest BCUT2D eigenvalue weighted by atomic mass is 9.92. The largest absolute Gasteiger partial charge is 0.496 e. The summed E-state index contributed by atoms with van der Waals surface area (Å²) in [7, 11) is 1.70. The second-order valence-electron chi connectivity index (χ2n) is 7.28. The van der Waals surface area contributed by atoms with E-state index in [1.54, 1.807) is 7.11 Å². The third-order valence-electron chi connectivity index (χ3n) is 5.61. The van der Waals surface area contributed by atoms with Gasteiger partial charge >= 0.3 is 0 Å². The zero-order chi connectivity index (χ0) is 16.9. The van der Waals surface area contributed by atoms with Crippen molar-refractivity contribution in [1.29, 1.82) is 0 Å². The van der Waals surface area contributed by atoms with Crippen LogP contribution in [0.3, 0.4) is 0 Å². The predicted octanol–water partition coefficient (Wildman–Crippen LogP) is 3.81. The van der Waals surface area contributed by atoms with Crippen molar-refractivity contribution in [3.63, 3.8) is 0 Å². The highest BCUT2D eigenvalue weighted by atomic mass is 35.5. The first-order chi connectivity index (χ1) is 11.7. The molecule has 1 amide bonds. The smallest absolute Gasteiger partial charge is 0.226 e. The van der Waals surface area contributed by atoms with E-state index in [1.165, 1.54) is 25.7 Å². The topological polar surface area (TPSA) is 41.6 Å². The lowest BCUT2D eigenvalue weighted by molar-refractivity contribution is -0.139. The second kappa shape index (κ2) is 9.44. The summed E-state index contributed by atoms with van der Waals surface area (Å²) in [4.78, 5) is 15.2. The highest BCUT2D eigenvalue weighted by Crippen LogP contribution is 2.34. The Bertz CT molecular complexity index is 560. The standard InChI is InChI=1S/C20H30N2O2.ClH/c1-15(13-16-7-3-4-8-16)20(23)22-12-11-21-14-18(22)17-9-5-6-10-19(17)24-2;/h5-6,9-10,15-16,18,21H,3-4,7-8,11-14H2,1-2H3;1H. The molecule has 2 fully saturated rings. The molecule has 1 heterocycles. The van der Waals surface area contributed by atoms with Crippen molar-refractivity contribution in [2.75, 3.05) is 26.7 Å². The van der Waals surface area contributed by atoms with Gasteiger partial charge in [0.15, 0.2) is 0 Å². The third kappa shape index (κ3) is 4.68. The number of amides is 1. The van der Waals surface area contributed by atoms with Crippen LogP contribution in [0.15, 0.2) is 24.3 Å². The molecule has 4 nitrogen and oxygen atoms in total. The molecule has 0 bridgehead atoms. The number of ether oxygens (including phenoxy) is 1. The van der Waals surface area contributed by atoms with Gasteiger partial charge in [-0.2, -0.15) is 0 Å². The summed E-state index contributed by atoms with van der Waals surface area (Å²) in [6, 6.07) is 8.13. The third-order valence-corrected chi connectivity index (χ3v) is 5.61. The molecule has 2 atom stereocenters. The number of carbonyl (C=O) groups excluding carboxylic acids is 1. The zero-order valence-electron chi connectivity index (χ0n) is 15.4. The van der Waals surface area contributed by atoms with Gasteiger partial charge in [-0.05, 0) is 18.4 Å². The van der Waals surface area contributed by atoms with E-state index < -0.39 is 0 Å². The van der Waals surface area contributed by atoms with Crippen LogP contribution >= 0.6 is 12.4 Å². The number of hydrogen-bond acceptors (Lipinski definition) is 3. The van der Waals surface area contributed by atoms with Gasteiger partial charge in [0, 0.05) is 31.1 Å². The van der Waals surface area contributed by atoms with E-state index in [-0.39, 0.29) is 24.4 Å². The maximum Gasteiger partial charge on any atom is 0.226 e. The number of benzene rings is 1. The van der Waals surface area contributed by atoms with E-state index in [4.69, 9.17) is 4.74 Å². The Morgan fingerprint density at radius 2 is 2.04 bits per heavy atom. The van der Waals surface area contributed by atoms with Gasteiger partial charge in [0.2, 0.25) is 5.91 Å². The summed E-state index contributed by atoms with van der Waals surface area (Å²) in [5, 5.41) is 3.43. The number of rotatable bonds is 5. The summed E-state index contributed by atoms with van der Waals surface area (Å²) in [5.41, 5.74) is 1.11. The quantitative estimate of drug-likeness (QED) is 0.861. The van der Waals surface area contributed by atoms with Gasteiger partial charge < -0.3 is 15.0 Å². The number of para-hydroxylation sites is 1. The van der Waals surface area contributed by atoms with Crippen LogP contribution in [0, 0.1) is 11.8 Å². The molecule has 3 rings (SSSR count). The fourth-order valence-corrected chi connectivity index (χ4v) is 4.32. The molecule has 1 N–H and O–H groups in total. The summed E-state index contributed by atoms with van der Waals surface area (Å²) < 4.78 is 5.53. The Morgan fingerprint density at radius 3 is 2.76 bits per heavy atom. The van der Waals surface area contributed by atoms with Crippen LogP contribution in [-0.2, 0) is 4.79 Å². The number of halogens is 1. The van der Waals surface area contributed by atoms with Crippen LogP contribution in [-0.4, -0.2) is 37.6 Å². The number of nitrogens with zero attached hydrogens (tertiary/aromatic N) is 1. The molecule has 2 unspecified atom stereocenters. The summed E-state index contributed by atoms with van der Waals surface area (Å²) >= 11 is 0. The van der Waals surface area contributed by atoms with E-state index in [1.807, 2.05) is 18.2 Å². The van der Waals surface area contributed by atoms with E-state index in [0.29, 0.717) is 5.91 Å². The zero-order valence-corrected chi connectivity index (χ0v) is 16.2. The molecule has 1 aromatic carbocycles. The molecule has 1 saturated heterocycles. The first-order valence-corrected chi connectivity index (χ1v) is 9.34. The van der Waals surface area contributed by atoms with Crippen LogP contribution < -0.4 is 10.1 Å². The van der Waals surface area contributed by atoms with Crippen LogP contribution in [0.4, 0.5) is 0 Å². The monoisotopic (exact) mass is 366 g/mol. The average molecular weight is 367 g/mol. The minimum absolute atomic E-state index is 0. The predicted molar refractivity (Wildman–Crippen MR) is 103 cm³/mol. The van der Waals surface area contributed by atoms with Gasteiger partial charge in [-0.25, -0.2) is 0 Å². The maximum absolute atomic E-state index is 13.1. The van der Waals surface area contributed by atoms with Crippen molar-refractivity contribution in [2.45, 2.75) is 45.1 Å². The average Bonchev–Trinajstić information content (AvgIpc) is 3.14. The van der Waals surface area contributed by atoms with Crippen LogP contribution in [0.25, 0.3) is 0 Å². The fourth-order valence-electron chi connectivity index (χ4n) is 4.32. The molecule has 5 heteroatoms. The van der Waals surface area contributed by atoms with E-state index in [2.05, 4.69) is 23.2 Å². The SMILES string of the molecule is COc1ccccc1C1CNCCN1C(=O)C(C)CC1CCCC1.Cl. The lowest BCUT2D eigenvalue weighted by Gasteiger charge is -2.38. The molecule has 1 aromatic rings. The highest BCUT2D eigenvalue weighted by Gasteiger charge is 2.33. The second-order valence-corrected chi connectivity index (χ2v) is 7.28. The van der Waals surface area contributed by atoms with Crippen LogP contribution in [0.5, 0.6) is 5.75 Å². The number of nitrogens with one attached hydrogen (secondary N) is 1. The van der Waals surface area contributed by atoms with Crippen molar-refractivity contribution in [3.8, 4) is 5.75 Å². The number of hydrogen-bond donors (Lipinski definition) is 1. The van der Waals surface area contributed by atoms with Gasteiger partial charge in [0.05, 0.1) is 13.2 Å². The molecule has 1 saturated carbocycles. The van der Waals surface area contributed by atoms with Crippen LogP contribution in [0.1, 0.15) is 50.6 Å². The van der Waals surface area contributed by atoms with Gasteiger partial charge in [-0.3, -0.25) is 4.79 Å². The Labute approximate surface area is 157 Å². The lowest BCUT2D eigenvalue weighted by Crippen LogP contribution is -2.50. The molecule has 140 valence electrons. The Hall–Kier alpha value is -1.26. The first-order valence-electron chi connectivity index (χ1n) is 9.34. The van der Waals surface area contributed by atoms with Gasteiger partial charge in [-0.1, -0.05) is 50.8 Å².